The lowest BCUT2D eigenvalue weighted by molar-refractivity contribution is -0.126. The Balaban J connectivity index is 1.55. The van der Waals surface area contributed by atoms with Crippen molar-refractivity contribution in [2.24, 2.45) is 11.8 Å². The largest absolute Gasteiger partial charge is 0.484 e. The van der Waals surface area contributed by atoms with Gasteiger partial charge >= 0.3 is 0 Å². The van der Waals surface area contributed by atoms with Crippen molar-refractivity contribution >= 4 is 45.0 Å². The van der Waals surface area contributed by atoms with Crippen molar-refractivity contribution in [1.82, 2.24) is 5.32 Å². The van der Waals surface area contributed by atoms with Crippen LogP contribution in [0.1, 0.15) is 38.3 Å². The molecule has 3 rings (SSSR count). The second-order valence-corrected chi connectivity index (χ2v) is 9.90. The first-order valence-electron chi connectivity index (χ1n) is 11.6. The maximum absolute atomic E-state index is 12.5. The van der Waals surface area contributed by atoms with E-state index in [2.05, 4.69) is 26.6 Å². The van der Waals surface area contributed by atoms with Gasteiger partial charge in [0.15, 0.2) is 6.61 Å². The molecule has 7 nitrogen and oxygen atoms in total. The van der Waals surface area contributed by atoms with E-state index in [1.54, 1.807) is 29.2 Å². The van der Waals surface area contributed by atoms with E-state index in [9.17, 15) is 14.4 Å². The predicted molar refractivity (Wildman–Crippen MR) is 137 cm³/mol. The Morgan fingerprint density at radius 2 is 1.91 bits per heavy atom. The number of carbonyl (C=O) groups excluding carboxylic acids is 3. The minimum Gasteiger partial charge on any atom is -0.484 e. The van der Waals surface area contributed by atoms with Crippen molar-refractivity contribution in [2.75, 3.05) is 29.9 Å². The zero-order chi connectivity index (χ0) is 24.8. The third kappa shape index (κ3) is 6.59. The van der Waals surface area contributed by atoms with E-state index in [0.29, 0.717) is 30.4 Å². The molecule has 34 heavy (non-hydrogen) atoms. The molecule has 0 spiro atoms. The van der Waals surface area contributed by atoms with Crippen LogP contribution >= 0.6 is 15.9 Å². The van der Waals surface area contributed by atoms with Gasteiger partial charge in [0.25, 0.3) is 5.91 Å². The number of nitrogens with zero attached hydrogens (tertiary/aromatic N) is 1. The molecular formula is C26H32BrN3O4. The fourth-order valence-corrected chi connectivity index (χ4v) is 4.52. The Morgan fingerprint density at radius 1 is 1.21 bits per heavy atom. The number of hydrogen-bond donors (Lipinski definition) is 2. The Kier molecular flexibility index (Phi) is 8.72. The average Bonchev–Trinajstić information content (AvgIpc) is 3.19. The maximum atomic E-state index is 12.5. The van der Waals surface area contributed by atoms with E-state index < -0.39 is 0 Å². The Hall–Kier alpha value is -2.87. The number of ether oxygens (including phenoxy) is 1. The zero-order valence-corrected chi connectivity index (χ0v) is 21.7. The predicted octanol–water partition coefficient (Wildman–Crippen LogP) is 4.46. The quantitative estimate of drug-likeness (QED) is 0.501. The van der Waals surface area contributed by atoms with Crippen LogP contribution in [0.15, 0.2) is 40.9 Å². The summed E-state index contributed by atoms with van der Waals surface area (Å²) in [6.45, 7) is 8.89. The van der Waals surface area contributed by atoms with Gasteiger partial charge in [0.1, 0.15) is 5.75 Å². The van der Waals surface area contributed by atoms with Gasteiger partial charge in [0, 0.05) is 35.4 Å². The van der Waals surface area contributed by atoms with Gasteiger partial charge in [-0.1, -0.05) is 36.7 Å². The third-order valence-corrected chi connectivity index (χ3v) is 6.18. The number of aryl methyl sites for hydroxylation is 2. The Labute approximate surface area is 209 Å². The van der Waals surface area contributed by atoms with Crippen LogP contribution in [0, 0.1) is 18.8 Å². The van der Waals surface area contributed by atoms with Crippen molar-refractivity contribution in [3.8, 4) is 5.75 Å². The molecule has 1 fully saturated rings. The molecule has 182 valence electrons. The summed E-state index contributed by atoms with van der Waals surface area (Å²) in [5.74, 6) is 0.145. The molecule has 1 aliphatic rings. The highest BCUT2D eigenvalue weighted by Gasteiger charge is 2.35. The van der Waals surface area contributed by atoms with E-state index in [1.807, 2.05) is 39.8 Å². The van der Waals surface area contributed by atoms with Gasteiger partial charge in [-0.25, -0.2) is 0 Å². The summed E-state index contributed by atoms with van der Waals surface area (Å²) in [6, 6.07) is 11.0. The third-order valence-electron chi connectivity index (χ3n) is 5.73. The highest BCUT2D eigenvalue weighted by molar-refractivity contribution is 9.10. The van der Waals surface area contributed by atoms with Crippen LogP contribution in [-0.2, 0) is 20.8 Å². The summed E-state index contributed by atoms with van der Waals surface area (Å²) in [4.78, 5) is 38.9. The second-order valence-electron chi connectivity index (χ2n) is 8.99. The van der Waals surface area contributed by atoms with Crippen molar-refractivity contribution in [2.45, 2.75) is 40.5 Å². The van der Waals surface area contributed by atoms with E-state index >= 15 is 0 Å². The van der Waals surface area contributed by atoms with Gasteiger partial charge < -0.3 is 20.3 Å². The number of hydrogen-bond acceptors (Lipinski definition) is 4. The first-order chi connectivity index (χ1) is 16.2. The molecule has 0 aliphatic carbocycles. The lowest BCUT2D eigenvalue weighted by Crippen LogP contribution is -2.35. The van der Waals surface area contributed by atoms with Gasteiger partial charge in [0.2, 0.25) is 11.8 Å². The molecule has 2 aromatic rings. The summed E-state index contributed by atoms with van der Waals surface area (Å²) >= 11 is 3.49. The standard InChI is InChI=1S/C26H32BrN3O4/c1-5-18-11-20(27)10-17(4)25(18)29-23(31)15-34-22-8-6-21(7-9-22)30-14-19(12-24(30)32)26(33)28-13-16(2)3/h6-11,16,19H,5,12-15H2,1-4H3,(H,28,33)(H,29,31)/t19-/m0/s1. The number of benzene rings is 2. The topological polar surface area (TPSA) is 87.7 Å². The Bertz CT molecular complexity index is 1050. The van der Waals surface area contributed by atoms with Gasteiger partial charge in [-0.15, -0.1) is 0 Å². The number of nitrogens with one attached hydrogen (secondary N) is 2. The summed E-state index contributed by atoms with van der Waals surface area (Å²) in [5, 5.41) is 5.85. The monoisotopic (exact) mass is 529 g/mol. The number of anilines is 2. The summed E-state index contributed by atoms with van der Waals surface area (Å²) in [6.07, 6.45) is 1.01. The molecule has 1 atom stereocenters. The van der Waals surface area contributed by atoms with Crippen molar-refractivity contribution < 1.29 is 19.1 Å². The normalized spacial score (nSPS) is 15.5. The molecule has 2 aromatic carbocycles. The smallest absolute Gasteiger partial charge is 0.262 e. The fraction of sp³-hybridized carbons (Fsp3) is 0.423. The number of carbonyl (C=O) groups is 3. The van der Waals surface area contributed by atoms with Crippen molar-refractivity contribution in [3.63, 3.8) is 0 Å². The number of rotatable bonds is 9. The second kappa shape index (κ2) is 11.5. The molecule has 0 bridgehead atoms. The van der Waals surface area contributed by atoms with Crippen molar-refractivity contribution in [1.29, 1.82) is 0 Å². The van der Waals surface area contributed by atoms with Crippen LogP contribution in [0.25, 0.3) is 0 Å². The van der Waals surface area contributed by atoms with Crippen LogP contribution in [0.5, 0.6) is 5.75 Å². The van der Waals surface area contributed by atoms with Crippen LogP contribution in [0.4, 0.5) is 11.4 Å². The molecule has 1 heterocycles. The van der Waals surface area contributed by atoms with Gasteiger partial charge in [-0.05, 0) is 66.8 Å². The number of halogens is 1. The van der Waals surface area contributed by atoms with Gasteiger partial charge in [-0.2, -0.15) is 0 Å². The SMILES string of the molecule is CCc1cc(Br)cc(C)c1NC(=O)COc1ccc(N2C[C@@H](C(=O)NCC(C)C)CC2=O)cc1. The summed E-state index contributed by atoms with van der Waals surface area (Å²) in [7, 11) is 0. The molecule has 0 saturated carbocycles. The molecule has 0 radical (unpaired) electrons. The molecular weight excluding hydrogens is 498 g/mol. The first kappa shape index (κ1) is 25.7. The molecule has 0 unspecified atom stereocenters. The van der Waals surface area contributed by atoms with E-state index in [1.165, 1.54) is 0 Å². The van der Waals surface area contributed by atoms with Crippen LogP contribution in [-0.4, -0.2) is 37.4 Å². The minimum absolute atomic E-state index is 0.0747. The fourth-order valence-electron chi connectivity index (χ4n) is 3.90. The molecule has 1 aliphatic heterocycles. The highest BCUT2D eigenvalue weighted by Crippen LogP contribution is 2.28. The summed E-state index contributed by atoms with van der Waals surface area (Å²) in [5.41, 5.74) is 3.56. The average molecular weight is 530 g/mol. The van der Waals surface area contributed by atoms with Crippen LogP contribution < -0.4 is 20.3 Å². The maximum Gasteiger partial charge on any atom is 0.262 e. The lowest BCUT2D eigenvalue weighted by Gasteiger charge is -2.18. The van der Waals surface area contributed by atoms with Gasteiger partial charge in [-0.3, -0.25) is 14.4 Å². The van der Waals surface area contributed by atoms with E-state index in [4.69, 9.17) is 4.74 Å². The van der Waals surface area contributed by atoms with E-state index in [0.717, 1.165) is 27.7 Å². The molecule has 0 aromatic heterocycles. The van der Waals surface area contributed by atoms with Crippen molar-refractivity contribution in [3.05, 3.63) is 52.0 Å². The van der Waals surface area contributed by atoms with Gasteiger partial charge in [0.05, 0.1) is 5.92 Å². The molecule has 3 amide bonds. The van der Waals surface area contributed by atoms with E-state index in [-0.39, 0.29) is 36.7 Å². The van der Waals surface area contributed by atoms with Crippen LogP contribution in [0.2, 0.25) is 0 Å². The first-order valence-corrected chi connectivity index (χ1v) is 12.4. The minimum atomic E-state index is -0.346. The molecule has 8 heteroatoms. The lowest BCUT2D eigenvalue weighted by atomic mass is 10.1. The Morgan fingerprint density at radius 3 is 2.56 bits per heavy atom. The zero-order valence-electron chi connectivity index (χ0n) is 20.1. The summed E-state index contributed by atoms with van der Waals surface area (Å²) < 4.78 is 6.63. The van der Waals surface area contributed by atoms with Crippen LogP contribution in [0.3, 0.4) is 0 Å². The highest BCUT2D eigenvalue weighted by atomic mass is 79.9. The molecule has 1 saturated heterocycles. The molecule has 2 N–H and O–H groups in total. The number of amides is 3.